The number of nitrogen functional groups attached to an aromatic ring is 1. The summed E-state index contributed by atoms with van der Waals surface area (Å²) in [6.45, 7) is 1.93. The molecule has 0 aliphatic carbocycles. The molecule has 0 amide bonds. The summed E-state index contributed by atoms with van der Waals surface area (Å²) in [5, 5.41) is 0. The van der Waals surface area contributed by atoms with E-state index in [1.54, 1.807) is 6.07 Å². The van der Waals surface area contributed by atoms with E-state index in [1.165, 1.54) is 0 Å². The second-order valence-corrected chi connectivity index (χ2v) is 3.86. The average Bonchev–Trinajstić information content (AvgIpc) is 1.82. The van der Waals surface area contributed by atoms with E-state index in [4.69, 9.17) is 5.73 Å². The van der Waals surface area contributed by atoms with Crippen LogP contribution in [0.3, 0.4) is 0 Å². The third-order valence-corrected chi connectivity index (χ3v) is 3.83. The maximum Gasteiger partial charge on any atom is 0.124 e. The van der Waals surface area contributed by atoms with Crippen molar-refractivity contribution in [3.05, 3.63) is 19.8 Å². The van der Waals surface area contributed by atoms with E-state index in [0.717, 1.165) is 13.7 Å². The topological polar surface area (TPSA) is 38.9 Å². The highest BCUT2D eigenvalue weighted by Crippen LogP contribution is 2.22. The van der Waals surface area contributed by atoms with Crippen molar-refractivity contribution in [3.8, 4) is 0 Å². The fourth-order valence-electron chi connectivity index (χ4n) is 0.641. The molecule has 0 aliphatic heterocycles. The molecule has 1 aromatic rings. The number of aryl methyl sites for hydroxylation is 1. The van der Waals surface area contributed by atoms with Gasteiger partial charge in [0.2, 0.25) is 0 Å². The second-order valence-electron chi connectivity index (χ2n) is 1.93. The van der Waals surface area contributed by atoms with Crippen LogP contribution in [0, 0.1) is 10.5 Å². The minimum Gasteiger partial charge on any atom is -0.384 e. The Bertz CT molecular complexity index is 239. The summed E-state index contributed by atoms with van der Waals surface area (Å²) in [6.07, 6.45) is 0. The van der Waals surface area contributed by atoms with Gasteiger partial charge in [0.05, 0.1) is 5.69 Å². The van der Waals surface area contributed by atoms with Crippen molar-refractivity contribution in [1.29, 1.82) is 0 Å². The minimum atomic E-state index is 0.560. The standard InChI is InChI=1S/C6H6BrIN2/c1-3-6(8)4(7)2-5(9)10-3/h2H,1H3,(H2,9,10). The van der Waals surface area contributed by atoms with Crippen molar-refractivity contribution in [2.45, 2.75) is 6.92 Å². The number of rotatable bonds is 0. The number of halogens is 2. The zero-order chi connectivity index (χ0) is 7.72. The molecule has 0 radical (unpaired) electrons. The van der Waals surface area contributed by atoms with Crippen LogP contribution in [0.1, 0.15) is 5.69 Å². The first-order valence-electron chi connectivity index (χ1n) is 2.69. The first-order valence-corrected chi connectivity index (χ1v) is 4.56. The predicted molar refractivity (Wildman–Crippen MR) is 53.8 cm³/mol. The smallest absolute Gasteiger partial charge is 0.124 e. The number of nitrogens with two attached hydrogens (primary N) is 1. The summed E-state index contributed by atoms with van der Waals surface area (Å²) in [5.41, 5.74) is 6.45. The molecule has 1 rings (SSSR count). The number of hydrogen-bond acceptors (Lipinski definition) is 2. The van der Waals surface area contributed by atoms with Crippen LogP contribution >= 0.6 is 38.5 Å². The van der Waals surface area contributed by atoms with Crippen LogP contribution in [0.25, 0.3) is 0 Å². The second kappa shape index (κ2) is 3.04. The van der Waals surface area contributed by atoms with Crippen LogP contribution < -0.4 is 5.73 Å². The molecule has 0 fully saturated rings. The lowest BCUT2D eigenvalue weighted by Crippen LogP contribution is -1.94. The molecule has 0 aromatic carbocycles. The van der Waals surface area contributed by atoms with Crippen LogP contribution in [0.15, 0.2) is 10.5 Å². The van der Waals surface area contributed by atoms with E-state index in [-0.39, 0.29) is 0 Å². The Kier molecular flexibility index (Phi) is 2.51. The molecule has 10 heavy (non-hydrogen) atoms. The highest BCUT2D eigenvalue weighted by atomic mass is 127. The SMILES string of the molecule is Cc1nc(N)cc(Br)c1I. The van der Waals surface area contributed by atoms with E-state index < -0.39 is 0 Å². The van der Waals surface area contributed by atoms with Crippen LogP contribution in [0.2, 0.25) is 0 Å². The monoisotopic (exact) mass is 312 g/mol. The summed E-state index contributed by atoms with van der Waals surface area (Å²) >= 11 is 5.59. The summed E-state index contributed by atoms with van der Waals surface area (Å²) in [7, 11) is 0. The minimum absolute atomic E-state index is 0.560. The van der Waals surface area contributed by atoms with Gasteiger partial charge in [0.15, 0.2) is 0 Å². The molecule has 0 aliphatic rings. The zero-order valence-electron chi connectivity index (χ0n) is 5.36. The Labute approximate surface area is 81.5 Å². The summed E-state index contributed by atoms with van der Waals surface area (Å²) < 4.78 is 2.13. The predicted octanol–water partition coefficient (Wildman–Crippen LogP) is 2.34. The highest BCUT2D eigenvalue weighted by Gasteiger charge is 2.01. The maximum atomic E-state index is 5.48. The van der Waals surface area contributed by atoms with Gasteiger partial charge in [-0.2, -0.15) is 0 Å². The Morgan fingerprint density at radius 1 is 1.70 bits per heavy atom. The molecular formula is C6H6BrIN2. The van der Waals surface area contributed by atoms with E-state index in [2.05, 4.69) is 43.5 Å². The fraction of sp³-hybridized carbons (Fsp3) is 0.167. The zero-order valence-corrected chi connectivity index (χ0v) is 9.10. The molecule has 4 heteroatoms. The third kappa shape index (κ3) is 1.60. The normalized spacial score (nSPS) is 9.90. The van der Waals surface area contributed by atoms with E-state index in [1.807, 2.05) is 6.92 Å². The number of anilines is 1. The van der Waals surface area contributed by atoms with Gasteiger partial charge in [-0.1, -0.05) is 0 Å². The number of pyridine rings is 1. The van der Waals surface area contributed by atoms with Crippen LogP contribution in [-0.2, 0) is 0 Å². The highest BCUT2D eigenvalue weighted by molar-refractivity contribution is 14.1. The van der Waals surface area contributed by atoms with Gasteiger partial charge in [0, 0.05) is 8.04 Å². The fourth-order valence-corrected chi connectivity index (χ4v) is 1.44. The Hall–Kier alpha value is 0.160. The molecule has 0 bridgehead atoms. The first-order chi connectivity index (χ1) is 4.61. The van der Waals surface area contributed by atoms with E-state index in [9.17, 15) is 0 Å². The van der Waals surface area contributed by atoms with Gasteiger partial charge in [-0.25, -0.2) is 4.98 Å². The van der Waals surface area contributed by atoms with Crippen molar-refractivity contribution >= 4 is 44.3 Å². The van der Waals surface area contributed by atoms with Crippen LogP contribution in [0.4, 0.5) is 5.82 Å². The number of nitrogens with zero attached hydrogens (tertiary/aromatic N) is 1. The molecule has 1 heterocycles. The molecule has 2 N–H and O–H groups in total. The Morgan fingerprint density at radius 3 is 2.80 bits per heavy atom. The maximum absolute atomic E-state index is 5.48. The Morgan fingerprint density at radius 2 is 2.30 bits per heavy atom. The lowest BCUT2D eigenvalue weighted by atomic mass is 10.4. The molecular weight excluding hydrogens is 307 g/mol. The molecule has 0 atom stereocenters. The first kappa shape index (κ1) is 8.26. The largest absolute Gasteiger partial charge is 0.384 e. The molecule has 1 aromatic heterocycles. The van der Waals surface area contributed by atoms with Gasteiger partial charge in [0.25, 0.3) is 0 Å². The van der Waals surface area contributed by atoms with E-state index >= 15 is 0 Å². The van der Waals surface area contributed by atoms with Crippen LogP contribution in [0.5, 0.6) is 0 Å². The van der Waals surface area contributed by atoms with Crippen molar-refractivity contribution in [2.75, 3.05) is 5.73 Å². The lowest BCUT2D eigenvalue weighted by Gasteiger charge is -2.00. The van der Waals surface area contributed by atoms with Crippen LogP contribution in [-0.4, -0.2) is 4.98 Å². The van der Waals surface area contributed by atoms with Crippen molar-refractivity contribution in [3.63, 3.8) is 0 Å². The van der Waals surface area contributed by atoms with Crippen molar-refractivity contribution in [1.82, 2.24) is 4.98 Å². The summed E-state index contributed by atoms with van der Waals surface area (Å²) in [5.74, 6) is 0.560. The van der Waals surface area contributed by atoms with Gasteiger partial charge in [0.1, 0.15) is 5.82 Å². The molecule has 0 unspecified atom stereocenters. The van der Waals surface area contributed by atoms with Gasteiger partial charge < -0.3 is 5.73 Å². The Balaban J connectivity index is 3.31. The average molecular weight is 313 g/mol. The summed E-state index contributed by atoms with van der Waals surface area (Å²) in [4.78, 5) is 4.07. The van der Waals surface area contributed by atoms with Crippen molar-refractivity contribution < 1.29 is 0 Å². The number of aromatic nitrogens is 1. The summed E-state index contributed by atoms with van der Waals surface area (Å²) in [6, 6.07) is 1.80. The quantitative estimate of drug-likeness (QED) is 0.747. The van der Waals surface area contributed by atoms with Crippen molar-refractivity contribution in [2.24, 2.45) is 0 Å². The van der Waals surface area contributed by atoms with E-state index in [0.29, 0.717) is 5.82 Å². The molecule has 2 nitrogen and oxygen atoms in total. The molecule has 0 spiro atoms. The molecule has 0 saturated carbocycles. The molecule has 54 valence electrons. The van der Waals surface area contributed by atoms with Gasteiger partial charge >= 0.3 is 0 Å². The third-order valence-electron chi connectivity index (χ3n) is 1.10. The molecule has 0 saturated heterocycles. The van der Waals surface area contributed by atoms with Gasteiger partial charge in [-0.15, -0.1) is 0 Å². The van der Waals surface area contributed by atoms with Gasteiger partial charge in [-0.3, -0.25) is 0 Å². The number of hydrogen-bond donors (Lipinski definition) is 1. The lowest BCUT2D eigenvalue weighted by molar-refractivity contribution is 1.18. The van der Waals surface area contributed by atoms with Gasteiger partial charge in [-0.05, 0) is 51.5 Å².